The predicted octanol–water partition coefficient (Wildman–Crippen LogP) is 3.32. The summed E-state index contributed by atoms with van der Waals surface area (Å²) in [6.07, 6.45) is 2.82. The molecule has 28 heavy (non-hydrogen) atoms. The maximum absolute atomic E-state index is 13.3. The number of rotatable bonds is 6. The van der Waals surface area contributed by atoms with Gasteiger partial charge >= 0.3 is 5.97 Å². The molecule has 2 aromatic carbocycles. The number of nitrogens with zero attached hydrogens (tertiary/aromatic N) is 2. The second-order valence-electron chi connectivity index (χ2n) is 6.20. The Morgan fingerprint density at radius 2 is 1.68 bits per heavy atom. The molecule has 146 valence electrons. The minimum atomic E-state index is -3.31. The van der Waals surface area contributed by atoms with E-state index >= 15 is 0 Å². The fourth-order valence-corrected chi connectivity index (χ4v) is 3.39. The zero-order valence-corrected chi connectivity index (χ0v) is 16.2. The van der Waals surface area contributed by atoms with Crippen LogP contribution in [0.1, 0.15) is 6.92 Å². The molecule has 0 atom stereocenters. The first-order valence-corrected chi connectivity index (χ1v) is 10.5. The summed E-state index contributed by atoms with van der Waals surface area (Å²) in [4.78, 5) is 12.0. The molecule has 3 aromatic rings. The van der Waals surface area contributed by atoms with Crippen LogP contribution >= 0.6 is 0 Å². The predicted molar refractivity (Wildman–Crippen MR) is 103 cm³/mol. The first-order chi connectivity index (χ1) is 13.3. The van der Waals surface area contributed by atoms with E-state index in [0.717, 1.165) is 11.8 Å². The molecule has 0 aliphatic heterocycles. The summed E-state index contributed by atoms with van der Waals surface area (Å²) < 4.78 is 43.1. The van der Waals surface area contributed by atoms with Crippen LogP contribution in [-0.2, 0) is 25.9 Å². The zero-order chi connectivity index (χ0) is 20.3. The molecule has 0 bridgehead atoms. The highest BCUT2D eigenvalue weighted by Crippen LogP contribution is 2.31. The van der Waals surface area contributed by atoms with Gasteiger partial charge in [-0.15, -0.1) is 0 Å². The topological polar surface area (TPSA) is 78.3 Å². The summed E-state index contributed by atoms with van der Waals surface area (Å²) in [5.41, 5.74) is 2.64. The Balaban J connectivity index is 2.06. The molecule has 0 saturated carbocycles. The van der Waals surface area contributed by atoms with Gasteiger partial charge in [0.05, 0.1) is 11.5 Å². The number of halogens is 1. The van der Waals surface area contributed by atoms with Crippen LogP contribution in [0.5, 0.6) is 0 Å². The molecule has 0 amide bonds. The van der Waals surface area contributed by atoms with Gasteiger partial charge < -0.3 is 4.74 Å². The number of carbonyl (C=O) groups is 1. The van der Waals surface area contributed by atoms with Crippen LogP contribution in [-0.4, -0.2) is 37.0 Å². The summed E-state index contributed by atoms with van der Waals surface area (Å²) in [6.45, 7) is 1.92. The van der Waals surface area contributed by atoms with Crippen LogP contribution in [0, 0.1) is 5.82 Å². The van der Waals surface area contributed by atoms with Gasteiger partial charge in [-0.25, -0.2) is 12.8 Å². The fourth-order valence-electron chi connectivity index (χ4n) is 2.76. The number of ether oxygens (including phenoxy) is 1. The lowest BCUT2D eigenvalue weighted by Crippen LogP contribution is -2.13. The first kappa shape index (κ1) is 19.8. The Hall–Kier alpha value is -3.00. The molecular weight excluding hydrogens is 383 g/mol. The molecule has 0 spiro atoms. The van der Waals surface area contributed by atoms with E-state index < -0.39 is 15.8 Å². The van der Waals surface area contributed by atoms with Gasteiger partial charge in [0, 0.05) is 23.6 Å². The highest BCUT2D eigenvalue weighted by Gasteiger charge is 2.16. The minimum absolute atomic E-state index is 0.0660. The van der Waals surface area contributed by atoms with Crippen molar-refractivity contribution in [3.8, 4) is 22.4 Å². The van der Waals surface area contributed by atoms with Gasteiger partial charge in [-0.3, -0.25) is 9.48 Å². The van der Waals surface area contributed by atoms with Gasteiger partial charge in [-0.2, -0.15) is 5.10 Å². The normalized spacial score (nSPS) is 11.4. The van der Waals surface area contributed by atoms with E-state index in [1.54, 1.807) is 37.4 Å². The lowest BCUT2D eigenvalue weighted by atomic mass is 10.0. The Morgan fingerprint density at radius 3 is 2.25 bits per heavy atom. The van der Waals surface area contributed by atoms with E-state index in [0.29, 0.717) is 16.8 Å². The highest BCUT2D eigenvalue weighted by molar-refractivity contribution is 7.90. The largest absolute Gasteiger partial charge is 0.465 e. The molecule has 1 heterocycles. The molecule has 3 rings (SSSR count). The van der Waals surface area contributed by atoms with Crippen LogP contribution in [0.2, 0.25) is 0 Å². The Bertz CT molecular complexity index is 1090. The molecule has 1 aromatic heterocycles. The number of hydrogen-bond acceptors (Lipinski definition) is 5. The fraction of sp³-hybridized carbons (Fsp3) is 0.200. The van der Waals surface area contributed by atoms with Crippen LogP contribution in [0.15, 0.2) is 59.6 Å². The van der Waals surface area contributed by atoms with Crippen molar-refractivity contribution in [3.05, 3.63) is 60.5 Å². The van der Waals surface area contributed by atoms with E-state index in [1.165, 1.54) is 28.9 Å². The van der Waals surface area contributed by atoms with Gasteiger partial charge in [-0.1, -0.05) is 24.3 Å². The second kappa shape index (κ2) is 7.93. The Kier molecular flexibility index (Phi) is 5.60. The molecule has 0 radical (unpaired) electrons. The molecule has 6 nitrogen and oxygen atoms in total. The van der Waals surface area contributed by atoms with Crippen molar-refractivity contribution in [1.29, 1.82) is 0 Å². The van der Waals surface area contributed by atoms with Crippen molar-refractivity contribution in [2.45, 2.75) is 18.4 Å². The minimum Gasteiger partial charge on any atom is -0.465 e. The summed E-state index contributed by atoms with van der Waals surface area (Å²) in [7, 11) is -3.31. The summed E-state index contributed by atoms with van der Waals surface area (Å²) in [5, 5.41) is 4.47. The average molecular weight is 402 g/mol. The van der Waals surface area contributed by atoms with E-state index in [2.05, 4.69) is 5.10 Å². The van der Waals surface area contributed by atoms with Gasteiger partial charge in [-0.05, 0) is 36.8 Å². The quantitative estimate of drug-likeness (QED) is 0.591. The molecule has 0 saturated heterocycles. The van der Waals surface area contributed by atoms with Crippen LogP contribution in [0.25, 0.3) is 22.4 Å². The summed E-state index contributed by atoms with van der Waals surface area (Å²) in [5.74, 6) is -0.781. The lowest BCUT2D eigenvalue weighted by molar-refractivity contribution is -0.144. The van der Waals surface area contributed by atoms with Gasteiger partial charge in [0.1, 0.15) is 18.1 Å². The van der Waals surface area contributed by atoms with E-state index in [-0.39, 0.29) is 23.9 Å². The number of aromatic nitrogens is 2. The third-order valence-electron chi connectivity index (χ3n) is 4.07. The lowest BCUT2D eigenvalue weighted by Gasteiger charge is -2.04. The van der Waals surface area contributed by atoms with Crippen molar-refractivity contribution in [3.63, 3.8) is 0 Å². The zero-order valence-electron chi connectivity index (χ0n) is 15.4. The van der Waals surface area contributed by atoms with Crippen molar-refractivity contribution in [2.24, 2.45) is 0 Å². The number of carbonyl (C=O) groups excluding carboxylic acids is 1. The number of esters is 1. The Labute approximate surface area is 162 Å². The maximum Gasteiger partial charge on any atom is 0.327 e. The second-order valence-corrected chi connectivity index (χ2v) is 8.21. The third kappa shape index (κ3) is 4.45. The molecular formula is C20H19FN2O4S. The summed E-state index contributed by atoms with van der Waals surface area (Å²) >= 11 is 0. The smallest absolute Gasteiger partial charge is 0.327 e. The molecule has 0 unspecified atom stereocenters. The number of sulfone groups is 1. The Morgan fingerprint density at radius 1 is 1.07 bits per heavy atom. The van der Waals surface area contributed by atoms with Crippen LogP contribution < -0.4 is 0 Å². The summed E-state index contributed by atoms with van der Waals surface area (Å²) in [6, 6.07) is 12.2. The number of benzene rings is 2. The van der Waals surface area contributed by atoms with E-state index in [9.17, 15) is 17.6 Å². The van der Waals surface area contributed by atoms with Gasteiger partial charge in [0.2, 0.25) is 0 Å². The third-order valence-corrected chi connectivity index (χ3v) is 5.20. The van der Waals surface area contributed by atoms with Crippen molar-refractivity contribution >= 4 is 15.8 Å². The highest BCUT2D eigenvalue weighted by atomic mass is 32.2. The molecule has 8 heteroatoms. The van der Waals surface area contributed by atoms with Crippen molar-refractivity contribution < 1.29 is 22.3 Å². The average Bonchev–Trinajstić information content (AvgIpc) is 3.05. The van der Waals surface area contributed by atoms with Gasteiger partial charge in [0.15, 0.2) is 9.84 Å². The van der Waals surface area contributed by atoms with Crippen LogP contribution in [0.4, 0.5) is 4.39 Å². The molecule has 0 aliphatic carbocycles. The first-order valence-electron chi connectivity index (χ1n) is 8.57. The number of hydrogen-bond donors (Lipinski definition) is 0. The van der Waals surface area contributed by atoms with Gasteiger partial charge in [0.25, 0.3) is 0 Å². The maximum atomic E-state index is 13.3. The molecule has 0 N–H and O–H groups in total. The van der Waals surface area contributed by atoms with E-state index in [1.807, 2.05) is 0 Å². The standard InChI is InChI=1S/C20H19FN2O4S/c1-3-27-19(24)13-23-12-18(14-4-8-16(21)9-5-14)20(22-23)15-6-10-17(11-7-15)28(2,25)26/h4-12H,3,13H2,1-2H3. The monoisotopic (exact) mass is 402 g/mol. The van der Waals surface area contributed by atoms with Crippen LogP contribution in [0.3, 0.4) is 0 Å². The molecule has 0 aliphatic rings. The van der Waals surface area contributed by atoms with Crippen molar-refractivity contribution in [2.75, 3.05) is 12.9 Å². The molecule has 0 fully saturated rings. The van der Waals surface area contributed by atoms with E-state index in [4.69, 9.17) is 4.74 Å². The van der Waals surface area contributed by atoms with Crippen molar-refractivity contribution in [1.82, 2.24) is 9.78 Å². The SMILES string of the molecule is CCOC(=O)Cn1cc(-c2ccc(F)cc2)c(-c2ccc(S(C)(=O)=O)cc2)n1.